The molecule has 1 unspecified atom stereocenters. The Labute approximate surface area is 164 Å². The van der Waals surface area contributed by atoms with Crippen molar-refractivity contribution < 1.29 is 9.59 Å². The van der Waals surface area contributed by atoms with Crippen LogP contribution >= 0.6 is 0 Å². The van der Waals surface area contributed by atoms with Crippen LogP contribution in [0.4, 0.5) is 0 Å². The largest absolute Gasteiger partial charge is 0.352 e. The molecule has 0 spiro atoms. The van der Waals surface area contributed by atoms with Crippen molar-refractivity contribution in [2.45, 2.75) is 58.5 Å². The number of aromatic nitrogens is 2. The molecule has 7 heteroatoms. The average molecular weight is 384 g/mol. The summed E-state index contributed by atoms with van der Waals surface area (Å²) in [6.45, 7) is 6.80. The normalized spacial score (nSPS) is 17.1. The van der Waals surface area contributed by atoms with Crippen LogP contribution in [0.15, 0.2) is 29.1 Å². The SMILES string of the molecule is CCCC(=O)NC1CCCN(C(=O)c2nn(C(C)C)c(=O)c3ccccc23)C1. The van der Waals surface area contributed by atoms with Crippen LogP contribution in [0.5, 0.6) is 0 Å². The molecule has 7 nitrogen and oxygen atoms in total. The second-order valence-electron chi connectivity index (χ2n) is 7.65. The monoisotopic (exact) mass is 384 g/mol. The van der Waals surface area contributed by atoms with Gasteiger partial charge in [-0.25, -0.2) is 4.68 Å². The number of piperidine rings is 1. The summed E-state index contributed by atoms with van der Waals surface area (Å²) in [5.41, 5.74) is 0.106. The van der Waals surface area contributed by atoms with Crippen LogP contribution in [-0.4, -0.2) is 45.6 Å². The van der Waals surface area contributed by atoms with Crippen molar-refractivity contribution in [3.05, 3.63) is 40.3 Å². The van der Waals surface area contributed by atoms with Crippen LogP contribution < -0.4 is 10.9 Å². The Morgan fingerprint density at radius 3 is 2.64 bits per heavy atom. The fourth-order valence-electron chi connectivity index (χ4n) is 3.67. The molecule has 1 N–H and O–H groups in total. The molecule has 1 aliphatic rings. The zero-order valence-electron chi connectivity index (χ0n) is 16.8. The van der Waals surface area contributed by atoms with Crippen LogP contribution in [0.2, 0.25) is 0 Å². The van der Waals surface area contributed by atoms with E-state index in [1.165, 1.54) is 4.68 Å². The third-order valence-electron chi connectivity index (χ3n) is 5.07. The van der Waals surface area contributed by atoms with E-state index in [0.29, 0.717) is 36.0 Å². The molecular formula is C21H28N4O3. The van der Waals surface area contributed by atoms with Gasteiger partial charge in [-0.15, -0.1) is 0 Å². The molecule has 1 aromatic carbocycles. The van der Waals surface area contributed by atoms with Crippen molar-refractivity contribution in [2.75, 3.05) is 13.1 Å². The number of amides is 2. The van der Waals surface area contributed by atoms with E-state index in [2.05, 4.69) is 10.4 Å². The fourth-order valence-corrected chi connectivity index (χ4v) is 3.67. The lowest BCUT2D eigenvalue weighted by Gasteiger charge is -2.33. The number of benzene rings is 1. The minimum atomic E-state index is -0.194. The Bertz CT molecular complexity index is 935. The Kier molecular flexibility index (Phi) is 6.11. The Morgan fingerprint density at radius 1 is 1.25 bits per heavy atom. The Hall–Kier alpha value is -2.70. The number of nitrogens with one attached hydrogen (secondary N) is 1. The number of nitrogens with zero attached hydrogens (tertiary/aromatic N) is 3. The maximum Gasteiger partial charge on any atom is 0.275 e. The van der Waals surface area contributed by atoms with Crippen molar-refractivity contribution in [2.24, 2.45) is 0 Å². The lowest BCUT2D eigenvalue weighted by molar-refractivity contribution is -0.122. The molecule has 150 valence electrons. The second kappa shape index (κ2) is 8.54. The van der Waals surface area contributed by atoms with Crippen LogP contribution in [0.3, 0.4) is 0 Å². The molecule has 2 amide bonds. The first kappa shape index (κ1) is 20.0. The summed E-state index contributed by atoms with van der Waals surface area (Å²) in [5, 5.41) is 8.51. The summed E-state index contributed by atoms with van der Waals surface area (Å²) in [6.07, 6.45) is 2.98. The number of carbonyl (C=O) groups excluding carboxylic acids is 2. The van der Waals surface area contributed by atoms with Gasteiger partial charge < -0.3 is 10.2 Å². The summed E-state index contributed by atoms with van der Waals surface area (Å²) in [5.74, 6) is -0.168. The van der Waals surface area contributed by atoms with E-state index in [4.69, 9.17) is 0 Å². The lowest BCUT2D eigenvalue weighted by atomic mass is 10.0. The molecule has 1 fully saturated rings. The molecule has 1 atom stereocenters. The van der Waals surface area contributed by atoms with Gasteiger partial charge in [0.15, 0.2) is 5.69 Å². The molecular weight excluding hydrogens is 356 g/mol. The van der Waals surface area contributed by atoms with Gasteiger partial charge in [-0.2, -0.15) is 5.10 Å². The smallest absolute Gasteiger partial charge is 0.275 e. The Balaban J connectivity index is 1.91. The first-order valence-electron chi connectivity index (χ1n) is 10.0. The molecule has 0 bridgehead atoms. The first-order valence-corrected chi connectivity index (χ1v) is 10.0. The van der Waals surface area contributed by atoms with Gasteiger partial charge in [0.25, 0.3) is 11.5 Å². The van der Waals surface area contributed by atoms with E-state index in [1.54, 1.807) is 23.1 Å². The maximum absolute atomic E-state index is 13.3. The van der Waals surface area contributed by atoms with E-state index in [9.17, 15) is 14.4 Å². The molecule has 0 saturated carbocycles. The number of likely N-dealkylation sites (tertiary alicyclic amines) is 1. The maximum atomic E-state index is 13.3. The van der Waals surface area contributed by atoms with E-state index in [1.807, 2.05) is 26.8 Å². The van der Waals surface area contributed by atoms with Gasteiger partial charge in [-0.3, -0.25) is 14.4 Å². The number of fused-ring (bicyclic) bond motifs is 1. The van der Waals surface area contributed by atoms with Crippen molar-refractivity contribution in [1.29, 1.82) is 0 Å². The highest BCUT2D eigenvalue weighted by atomic mass is 16.2. The molecule has 1 aromatic heterocycles. The molecule has 1 aliphatic heterocycles. The minimum Gasteiger partial charge on any atom is -0.352 e. The number of hydrogen-bond acceptors (Lipinski definition) is 4. The lowest BCUT2D eigenvalue weighted by Crippen LogP contribution is -2.50. The molecule has 1 saturated heterocycles. The van der Waals surface area contributed by atoms with Gasteiger partial charge in [0.05, 0.1) is 11.4 Å². The fraction of sp³-hybridized carbons (Fsp3) is 0.524. The molecule has 0 aliphatic carbocycles. The van der Waals surface area contributed by atoms with Gasteiger partial charge in [0.1, 0.15) is 0 Å². The molecule has 2 aromatic rings. The zero-order chi connectivity index (χ0) is 20.3. The summed E-state index contributed by atoms with van der Waals surface area (Å²) in [6, 6.07) is 6.92. The zero-order valence-corrected chi connectivity index (χ0v) is 16.8. The summed E-state index contributed by atoms with van der Waals surface area (Å²) in [4.78, 5) is 39.6. The standard InChI is InChI=1S/C21H28N4O3/c1-4-8-18(26)22-15-9-7-12-24(13-15)21(28)19-16-10-5-6-11-17(16)20(27)25(23-19)14(2)3/h5-6,10-11,14-15H,4,7-9,12-13H2,1-3H3,(H,22,26). The minimum absolute atomic E-state index is 0.0266. The van der Waals surface area contributed by atoms with Crippen molar-refractivity contribution in [3.8, 4) is 0 Å². The summed E-state index contributed by atoms with van der Waals surface area (Å²) in [7, 11) is 0. The van der Waals surface area contributed by atoms with E-state index in [-0.39, 0.29) is 29.5 Å². The predicted octanol–water partition coefficient (Wildman–Crippen LogP) is 2.50. The van der Waals surface area contributed by atoms with Crippen LogP contribution in [0, 0.1) is 0 Å². The van der Waals surface area contributed by atoms with E-state index < -0.39 is 0 Å². The van der Waals surface area contributed by atoms with Gasteiger partial charge >= 0.3 is 0 Å². The van der Waals surface area contributed by atoms with Crippen molar-refractivity contribution in [1.82, 2.24) is 20.0 Å². The van der Waals surface area contributed by atoms with Gasteiger partial charge in [0, 0.05) is 30.9 Å². The molecule has 28 heavy (non-hydrogen) atoms. The van der Waals surface area contributed by atoms with Crippen LogP contribution in [-0.2, 0) is 4.79 Å². The van der Waals surface area contributed by atoms with E-state index in [0.717, 1.165) is 19.3 Å². The summed E-state index contributed by atoms with van der Waals surface area (Å²) < 4.78 is 1.38. The summed E-state index contributed by atoms with van der Waals surface area (Å²) >= 11 is 0. The third kappa shape index (κ3) is 4.08. The molecule has 2 heterocycles. The molecule has 0 radical (unpaired) electrons. The quantitative estimate of drug-likeness (QED) is 0.858. The van der Waals surface area contributed by atoms with Crippen molar-refractivity contribution in [3.63, 3.8) is 0 Å². The van der Waals surface area contributed by atoms with Gasteiger partial charge in [-0.05, 0) is 39.2 Å². The highest BCUT2D eigenvalue weighted by molar-refractivity contribution is 6.04. The number of carbonyl (C=O) groups is 2. The van der Waals surface area contributed by atoms with Crippen LogP contribution in [0.25, 0.3) is 10.8 Å². The first-order chi connectivity index (χ1) is 13.4. The average Bonchev–Trinajstić information content (AvgIpc) is 2.68. The topological polar surface area (TPSA) is 84.3 Å². The number of hydrogen-bond donors (Lipinski definition) is 1. The predicted molar refractivity (Wildman–Crippen MR) is 108 cm³/mol. The highest BCUT2D eigenvalue weighted by Gasteiger charge is 2.28. The molecule has 3 rings (SSSR count). The van der Waals surface area contributed by atoms with Crippen molar-refractivity contribution >= 4 is 22.6 Å². The second-order valence-corrected chi connectivity index (χ2v) is 7.65. The van der Waals surface area contributed by atoms with Crippen LogP contribution in [0.1, 0.15) is 63.0 Å². The van der Waals surface area contributed by atoms with Gasteiger partial charge in [0.2, 0.25) is 5.91 Å². The van der Waals surface area contributed by atoms with E-state index >= 15 is 0 Å². The van der Waals surface area contributed by atoms with Gasteiger partial charge in [-0.1, -0.05) is 25.1 Å². The third-order valence-corrected chi connectivity index (χ3v) is 5.07. The highest BCUT2D eigenvalue weighted by Crippen LogP contribution is 2.19. The Morgan fingerprint density at radius 2 is 1.96 bits per heavy atom. The number of rotatable bonds is 5.